The number of furan rings is 1. The number of hydrogen-bond donors (Lipinski definition) is 0. The molecule has 2 heterocycles. The maximum Gasteiger partial charge on any atom is 0.498 e. The van der Waals surface area contributed by atoms with Crippen molar-refractivity contribution < 1.29 is 13.7 Å². The molecule has 1 aromatic heterocycles. The Morgan fingerprint density at radius 2 is 1.02 bits per heavy atom. The summed E-state index contributed by atoms with van der Waals surface area (Å²) in [5, 5.41) is 2.16. The topological polar surface area (TPSA) is 31.6 Å². The molecule has 1 aliphatic heterocycles. The highest BCUT2D eigenvalue weighted by atomic mass is 16.7. The molecule has 0 radical (unpaired) electrons. The predicted octanol–water partition coefficient (Wildman–Crippen LogP) is 8.89. The van der Waals surface area contributed by atoms with Crippen LogP contribution in [0.1, 0.15) is 51.3 Å². The van der Waals surface area contributed by atoms with Crippen molar-refractivity contribution in [2.75, 3.05) is 0 Å². The Balaban J connectivity index is 1.23. The molecule has 0 saturated carbocycles. The Bertz CT molecular complexity index is 1950. The fraction of sp³-hybridized carbons (Fsp3) is 0.211. The van der Waals surface area contributed by atoms with Crippen molar-refractivity contribution >= 4 is 34.5 Å². The molecule has 1 saturated heterocycles. The van der Waals surface area contributed by atoms with E-state index in [9.17, 15) is 0 Å². The van der Waals surface area contributed by atoms with E-state index in [0.29, 0.717) is 0 Å². The van der Waals surface area contributed by atoms with E-state index in [0.717, 1.165) is 38.5 Å². The van der Waals surface area contributed by atoms with Gasteiger partial charge in [-0.25, -0.2) is 0 Å². The van der Waals surface area contributed by atoms with Crippen LogP contribution in [0.15, 0.2) is 114 Å². The van der Waals surface area contributed by atoms with Gasteiger partial charge in [0.25, 0.3) is 0 Å². The molecular weight excluding hydrogens is 515 g/mol. The zero-order chi connectivity index (χ0) is 28.9. The average Bonchev–Trinajstić information content (AvgIpc) is 3.58. The lowest BCUT2D eigenvalue weighted by Crippen LogP contribution is -2.41. The lowest BCUT2D eigenvalue weighted by atomic mass is 9.74. The van der Waals surface area contributed by atoms with Gasteiger partial charge in [0.05, 0.1) is 11.2 Å². The van der Waals surface area contributed by atoms with Crippen LogP contribution in [0.5, 0.6) is 0 Å². The van der Waals surface area contributed by atoms with E-state index in [1.54, 1.807) is 0 Å². The number of para-hydroxylation sites is 2. The Morgan fingerprint density at radius 1 is 0.500 bits per heavy atom. The maximum absolute atomic E-state index is 6.70. The largest absolute Gasteiger partial charge is 0.498 e. The van der Waals surface area contributed by atoms with Crippen LogP contribution in [0.25, 0.3) is 44.2 Å². The fourth-order valence-corrected chi connectivity index (χ4v) is 6.97. The minimum Gasteiger partial charge on any atom is -0.456 e. The van der Waals surface area contributed by atoms with Crippen LogP contribution in [-0.2, 0) is 14.7 Å². The molecule has 0 spiro atoms. The summed E-state index contributed by atoms with van der Waals surface area (Å²) < 4.78 is 19.5. The van der Waals surface area contributed by atoms with E-state index in [2.05, 4.69) is 144 Å². The number of benzene rings is 5. The molecule has 42 heavy (non-hydrogen) atoms. The first kappa shape index (κ1) is 25.6. The quantitative estimate of drug-likeness (QED) is 0.207. The standard InChI is InChI=1S/C38H33BO3/c1-36(2)37(3,4)42-39(41-36)33-19-11-16-30-29-15-10-14-26(34(29)40-35(30)33)24-20-22-25(23-21-24)38(5)31-17-8-6-12-27(31)28-13-7-9-18-32(28)38/h6-23H,1-5H3. The first-order chi connectivity index (χ1) is 20.2. The van der Waals surface area contributed by atoms with E-state index in [1.807, 2.05) is 0 Å². The van der Waals surface area contributed by atoms with Gasteiger partial charge in [-0.05, 0) is 68.0 Å². The van der Waals surface area contributed by atoms with Crippen molar-refractivity contribution in [2.45, 2.75) is 51.2 Å². The van der Waals surface area contributed by atoms with Crippen LogP contribution >= 0.6 is 0 Å². The van der Waals surface area contributed by atoms with E-state index in [4.69, 9.17) is 13.7 Å². The molecule has 0 amide bonds. The van der Waals surface area contributed by atoms with Crippen molar-refractivity contribution in [3.8, 4) is 22.3 Å². The zero-order valence-electron chi connectivity index (χ0n) is 24.7. The van der Waals surface area contributed by atoms with Gasteiger partial charge in [-0.3, -0.25) is 0 Å². The van der Waals surface area contributed by atoms with Gasteiger partial charge in [-0.2, -0.15) is 0 Å². The summed E-state index contributed by atoms with van der Waals surface area (Å²) in [5.74, 6) is 0. The maximum atomic E-state index is 6.70. The van der Waals surface area contributed by atoms with Crippen molar-refractivity contribution in [1.82, 2.24) is 0 Å². The Labute approximate surface area is 247 Å². The zero-order valence-corrected chi connectivity index (χ0v) is 24.7. The van der Waals surface area contributed by atoms with Gasteiger partial charge in [0.15, 0.2) is 0 Å². The van der Waals surface area contributed by atoms with Gasteiger partial charge in [-0.1, -0.05) is 109 Å². The molecule has 8 rings (SSSR count). The molecule has 0 unspecified atom stereocenters. The highest BCUT2D eigenvalue weighted by molar-refractivity contribution is 6.65. The van der Waals surface area contributed by atoms with Crippen molar-refractivity contribution in [2.24, 2.45) is 0 Å². The highest BCUT2D eigenvalue weighted by Gasteiger charge is 2.52. The minimum atomic E-state index is -0.486. The van der Waals surface area contributed by atoms with E-state index in [-0.39, 0.29) is 5.41 Å². The first-order valence-corrected chi connectivity index (χ1v) is 14.8. The van der Waals surface area contributed by atoms with Gasteiger partial charge in [0, 0.05) is 27.2 Å². The monoisotopic (exact) mass is 548 g/mol. The van der Waals surface area contributed by atoms with Crippen LogP contribution in [0.4, 0.5) is 0 Å². The minimum absolute atomic E-state index is 0.213. The van der Waals surface area contributed by atoms with Crippen LogP contribution in [0.2, 0.25) is 0 Å². The summed E-state index contributed by atoms with van der Waals surface area (Å²) in [5.41, 5.74) is 10.4. The Morgan fingerprint density at radius 3 is 1.64 bits per heavy atom. The van der Waals surface area contributed by atoms with Crippen molar-refractivity contribution in [3.63, 3.8) is 0 Å². The second-order valence-corrected chi connectivity index (χ2v) is 12.9. The summed E-state index contributed by atoms with van der Waals surface area (Å²) in [4.78, 5) is 0. The molecule has 0 atom stereocenters. The molecule has 1 aliphatic carbocycles. The van der Waals surface area contributed by atoms with E-state index < -0.39 is 18.3 Å². The molecule has 1 fully saturated rings. The molecular formula is C38H33BO3. The second kappa shape index (κ2) is 8.70. The normalized spacial score (nSPS) is 18.0. The van der Waals surface area contributed by atoms with Crippen LogP contribution in [0, 0.1) is 0 Å². The highest BCUT2D eigenvalue weighted by Crippen LogP contribution is 2.52. The van der Waals surface area contributed by atoms with Gasteiger partial charge in [-0.15, -0.1) is 0 Å². The van der Waals surface area contributed by atoms with Crippen LogP contribution < -0.4 is 5.46 Å². The Hall–Kier alpha value is -4.12. The molecule has 0 N–H and O–H groups in total. The SMILES string of the molecule is CC1(c2ccc(-c3cccc4c3oc3c(B5OC(C)(C)C(C)(C)O5)cccc34)cc2)c2ccccc2-c2ccccc21. The third-order valence-corrected chi connectivity index (χ3v) is 10.1. The average molecular weight is 548 g/mol. The van der Waals surface area contributed by atoms with Gasteiger partial charge in [0.1, 0.15) is 11.2 Å². The molecule has 5 aromatic carbocycles. The van der Waals surface area contributed by atoms with Crippen molar-refractivity contribution in [3.05, 3.63) is 126 Å². The Kier molecular flexibility index (Phi) is 5.30. The lowest BCUT2D eigenvalue weighted by Gasteiger charge is -2.32. The second-order valence-electron chi connectivity index (χ2n) is 12.9. The third-order valence-electron chi connectivity index (χ3n) is 10.1. The van der Waals surface area contributed by atoms with E-state index in [1.165, 1.54) is 27.8 Å². The molecule has 6 aromatic rings. The summed E-state index contributed by atoms with van der Waals surface area (Å²) in [6.45, 7) is 10.7. The molecule has 206 valence electrons. The van der Waals surface area contributed by atoms with Crippen LogP contribution in [0.3, 0.4) is 0 Å². The van der Waals surface area contributed by atoms with Gasteiger partial charge >= 0.3 is 7.12 Å². The predicted molar refractivity (Wildman–Crippen MR) is 172 cm³/mol. The van der Waals surface area contributed by atoms with E-state index >= 15 is 0 Å². The number of rotatable bonds is 3. The summed E-state index contributed by atoms with van der Waals surface area (Å²) in [7, 11) is -0.486. The number of fused-ring (bicyclic) bond motifs is 6. The lowest BCUT2D eigenvalue weighted by molar-refractivity contribution is 0.00578. The van der Waals surface area contributed by atoms with Crippen molar-refractivity contribution in [1.29, 1.82) is 0 Å². The molecule has 2 aliphatic rings. The molecule has 4 heteroatoms. The van der Waals surface area contributed by atoms with Gasteiger partial charge in [0.2, 0.25) is 0 Å². The summed E-state index contributed by atoms with van der Waals surface area (Å²) in [6.07, 6.45) is 0. The molecule has 0 bridgehead atoms. The molecule has 3 nitrogen and oxygen atoms in total. The first-order valence-electron chi connectivity index (χ1n) is 14.8. The van der Waals surface area contributed by atoms with Crippen LogP contribution in [-0.4, -0.2) is 18.3 Å². The number of hydrogen-bond acceptors (Lipinski definition) is 3. The van der Waals surface area contributed by atoms with Gasteiger partial charge < -0.3 is 13.7 Å². The third kappa shape index (κ3) is 3.43. The fourth-order valence-electron chi connectivity index (χ4n) is 6.97. The summed E-state index contributed by atoms with van der Waals surface area (Å²) in [6, 6.07) is 39.3. The smallest absolute Gasteiger partial charge is 0.456 e. The summed E-state index contributed by atoms with van der Waals surface area (Å²) >= 11 is 0.